The first-order valence-corrected chi connectivity index (χ1v) is 11.8. The molecule has 6 N–H and O–H groups in total. The highest BCUT2D eigenvalue weighted by atomic mass is 19.1. The van der Waals surface area contributed by atoms with Crippen LogP contribution in [0.2, 0.25) is 0 Å². The molecule has 5 nitrogen and oxygen atoms in total. The standard InChI is InChI=1S/C21H33FN2O3.2C2H6/c1-5-12-14(22)9-20(23)16-8-7-13(15(26)11-25)18(16,3)10-17(27)21(20,24)19(12,4)6-2;2*1-2/h5-6,13-14,16-17,25,27H,2,7-11,23-24H2,1,3-4H3;2*1-2H3/b12-5-;;/t13?,14-,16?,17?,18?,19?,20?,21-;;/m0../s1. The van der Waals surface area contributed by atoms with Gasteiger partial charge in [0.05, 0.1) is 11.6 Å². The topological polar surface area (TPSA) is 110 Å². The van der Waals surface area contributed by atoms with Crippen LogP contribution in [0.25, 0.3) is 0 Å². The maximum Gasteiger partial charge on any atom is 0.161 e. The van der Waals surface area contributed by atoms with Gasteiger partial charge in [-0.1, -0.05) is 53.7 Å². The molecule has 3 fully saturated rings. The monoisotopic (exact) mass is 440 g/mol. The second kappa shape index (κ2) is 9.82. The number of aliphatic hydroxyl groups excluding tert-OH is 2. The van der Waals surface area contributed by atoms with Gasteiger partial charge >= 0.3 is 0 Å². The van der Waals surface area contributed by atoms with Crippen LogP contribution < -0.4 is 11.5 Å². The molecule has 0 heterocycles. The van der Waals surface area contributed by atoms with Crippen LogP contribution in [0.1, 0.15) is 74.1 Å². The van der Waals surface area contributed by atoms with E-state index in [2.05, 4.69) is 6.58 Å². The summed E-state index contributed by atoms with van der Waals surface area (Å²) in [6.07, 6.45) is 2.51. The highest BCUT2D eigenvalue weighted by Crippen LogP contribution is 2.67. The van der Waals surface area contributed by atoms with Crippen LogP contribution in [-0.4, -0.2) is 46.0 Å². The number of allylic oxidation sites excluding steroid dienone is 1. The van der Waals surface area contributed by atoms with E-state index < -0.39 is 46.7 Å². The van der Waals surface area contributed by atoms with Gasteiger partial charge in [0.2, 0.25) is 0 Å². The summed E-state index contributed by atoms with van der Waals surface area (Å²) in [5, 5.41) is 20.7. The Kier molecular flexibility index (Phi) is 8.85. The Morgan fingerprint density at radius 1 is 1.19 bits per heavy atom. The van der Waals surface area contributed by atoms with E-state index in [-0.39, 0.29) is 18.1 Å². The third-order valence-electron chi connectivity index (χ3n) is 8.46. The van der Waals surface area contributed by atoms with E-state index in [1.165, 1.54) is 0 Å². The van der Waals surface area contributed by atoms with Crippen molar-refractivity contribution in [2.75, 3.05) is 6.61 Å². The Bertz CT molecular complexity index is 698. The third kappa shape index (κ3) is 3.54. The van der Waals surface area contributed by atoms with Gasteiger partial charge in [0.25, 0.3) is 0 Å². The Morgan fingerprint density at radius 3 is 2.19 bits per heavy atom. The summed E-state index contributed by atoms with van der Waals surface area (Å²) in [5.74, 6) is -0.869. The molecule has 3 aliphatic rings. The van der Waals surface area contributed by atoms with Crippen molar-refractivity contribution in [1.82, 2.24) is 0 Å². The van der Waals surface area contributed by atoms with Gasteiger partial charge < -0.3 is 21.7 Å². The molecule has 8 atom stereocenters. The molecular weight excluding hydrogens is 395 g/mol. The Morgan fingerprint density at radius 2 is 1.74 bits per heavy atom. The molecule has 0 saturated heterocycles. The second-order valence-electron chi connectivity index (χ2n) is 9.26. The van der Waals surface area contributed by atoms with Crippen molar-refractivity contribution in [1.29, 1.82) is 0 Å². The number of aliphatic hydroxyl groups is 2. The average Bonchev–Trinajstić information content (AvgIpc) is 3.11. The van der Waals surface area contributed by atoms with E-state index in [0.29, 0.717) is 24.8 Å². The number of alkyl halides is 1. The fraction of sp³-hybridized carbons (Fsp3) is 0.800. The minimum Gasteiger partial charge on any atom is -0.391 e. The number of hydrogen-bond acceptors (Lipinski definition) is 5. The van der Waals surface area contributed by atoms with Gasteiger partial charge in [0.15, 0.2) is 5.78 Å². The van der Waals surface area contributed by atoms with E-state index in [4.69, 9.17) is 11.5 Å². The van der Waals surface area contributed by atoms with Gasteiger partial charge in [0, 0.05) is 23.3 Å². The van der Waals surface area contributed by atoms with Crippen LogP contribution in [0.3, 0.4) is 0 Å². The van der Waals surface area contributed by atoms with Crippen LogP contribution >= 0.6 is 0 Å². The molecule has 0 bridgehead atoms. The minimum atomic E-state index is -1.30. The molecule has 0 amide bonds. The summed E-state index contributed by atoms with van der Waals surface area (Å²) < 4.78 is 15.3. The Hall–Kier alpha value is -1.08. The number of halogens is 1. The van der Waals surface area contributed by atoms with E-state index >= 15 is 4.39 Å². The lowest BCUT2D eigenvalue weighted by atomic mass is 9.40. The normalized spacial score (nSPS) is 47.2. The van der Waals surface area contributed by atoms with Crippen molar-refractivity contribution in [3.63, 3.8) is 0 Å². The molecule has 3 saturated carbocycles. The number of Topliss-reactive ketones (excluding diaryl/α,β-unsaturated/α-hetero) is 1. The van der Waals surface area contributed by atoms with Crippen molar-refractivity contribution in [2.24, 2.45) is 34.1 Å². The minimum absolute atomic E-state index is 0.00392. The summed E-state index contributed by atoms with van der Waals surface area (Å²) in [7, 11) is 0. The average molecular weight is 441 g/mol. The Labute approximate surface area is 188 Å². The van der Waals surface area contributed by atoms with Crippen LogP contribution in [0, 0.1) is 22.7 Å². The smallest absolute Gasteiger partial charge is 0.161 e. The van der Waals surface area contributed by atoms with Gasteiger partial charge in [-0.25, -0.2) is 4.39 Å². The summed E-state index contributed by atoms with van der Waals surface area (Å²) in [6, 6.07) is 0. The first-order chi connectivity index (χ1) is 14.5. The number of fused-ring (bicyclic) bond motifs is 3. The first-order valence-electron chi connectivity index (χ1n) is 11.8. The van der Waals surface area contributed by atoms with Crippen molar-refractivity contribution < 1.29 is 19.4 Å². The van der Waals surface area contributed by atoms with Crippen LogP contribution in [-0.2, 0) is 4.79 Å². The summed E-state index contributed by atoms with van der Waals surface area (Å²) >= 11 is 0. The molecule has 0 aliphatic heterocycles. The van der Waals surface area contributed by atoms with E-state index in [1.807, 2.05) is 34.6 Å². The van der Waals surface area contributed by atoms with Gasteiger partial charge in [-0.15, -0.1) is 6.58 Å². The molecule has 0 aromatic heterocycles. The summed E-state index contributed by atoms with van der Waals surface area (Å²) in [5.41, 5.74) is 10.3. The molecule has 6 heteroatoms. The number of carbonyl (C=O) groups excluding carboxylic acids is 1. The number of nitrogens with two attached hydrogens (primary N) is 2. The van der Waals surface area contributed by atoms with Gasteiger partial charge in [-0.05, 0) is 43.1 Å². The zero-order valence-electron chi connectivity index (χ0n) is 20.5. The lowest BCUT2D eigenvalue weighted by Gasteiger charge is -2.69. The maximum absolute atomic E-state index is 15.3. The molecule has 6 unspecified atom stereocenters. The molecule has 0 aromatic carbocycles. The predicted molar refractivity (Wildman–Crippen MR) is 125 cm³/mol. The fourth-order valence-corrected chi connectivity index (χ4v) is 7.06. The highest BCUT2D eigenvalue weighted by Gasteiger charge is 2.75. The number of carbonyl (C=O) groups is 1. The number of rotatable bonds is 3. The van der Waals surface area contributed by atoms with Crippen LogP contribution in [0.5, 0.6) is 0 Å². The summed E-state index contributed by atoms with van der Waals surface area (Å²) in [6.45, 7) is 16.9. The van der Waals surface area contributed by atoms with Crippen molar-refractivity contribution in [3.05, 3.63) is 24.3 Å². The van der Waals surface area contributed by atoms with E-state index in [9.17, 15) is 15.0 Å². The van der Waals surface area contributed by atoms with E-state index in [0.717, 1.165) is 0 Å². The lowest BCUT2D eigenvalue weighted by Crippen LogP contribution is -2.86. The molecule has 31 heavy (non-hydrogen) atoms. The zero-order chi connectivity index (χ0) is 24.4. The van der Waals surface area contributed by atoms with E-state index in [1.54, 1.807) is 26.0 Å². The molecule has 0 aromatic rings. The molecule has 180 valence electrons. The zero-order valence-corrected chi connectivity index (χ0v) is 20.5. The van der Waals surface area contributed by atoms with Crippen molar-refractivity contribution in [3.8, 4) is 0 Å². The lowest BCUT2D eigenvalue weighted by molar-refractivity contribution is -0.159. The largest absolute Gasteiger partial charge is 0.391 e. The first kappa shape index (κ1) is 28.0. The maximum atomic E-state index is 15.3. The van der Waals surface area contributed by atoms with Crippen LogP contribution in [0.15, 0.2) is 24.3 Å². The van der Waals surface area contributed by atoms with Gasteiger partial charge in [-0.3, -0.25) is 4.79 Å². The SMILES string of the molecule is C=CC1(C)/C(=C\C)[C@@H](F)CC2(N)C3CCC(C(=O)CO)C3(C)CC(O)[C@]12N.CC.CC. The molecule has 3 aliphatic carbocycles. The van der Waals surface area contributed by atoms with Crippen LogP contribution in [0.4, 0.5) is 4.39 Å². The molecule has 0 spiro atoms. The Balaban J connectivity index is 0.00000113. The third-order valence-corrected chi connectivity index (χ3v) is 8.46. The van der Waals surface area contributed by atoms with Crippen molar-refractivity contribution in [2.45, 2.75) is 97.5 Å². The van der Waals surface area contributed by atoms with Gasteiger partial charge in [0.1, 0.15) is 12.8 Å². The summed E-state index contributed by atoms with van der Waals surface area (Å²) in [4.78, 5) is 12.4. The van der Waals surface area contributed by atoms with Gasteiger partial charge in [-0.2, -0.15) is 0 Å². The fourth-order valence-electron chi connectivity index (χ4n) is 7.06. The molecule has 3 rings (SSSR count). The second-order valence-corrected chi connectivity index (χ2v) is 9.26. The van der Waals surface area contributed by atoms with Crippen molar-refractivity contribution >= 4 is 5.78 Å². The quantitative estimate of drug-likeness (QED) is 0.501. The molecule has 0 radical (unpaired) electrons. The number of ketones is 1. The highest BCUT2D eigenvalue weighted by molar-refractivity contribution is 5.83. The molecular formula is C25H45FN2O3. The number of hydrogen-bond donors (Lipinski definition) is 4. The predicted octanol–water partition coefficient (Wildman–Crippen LogP) is 3.67.